The fourth-order valence-corrected chi connectivity index (χ4v) is 1.81. The van der Waals surface area contributed by atoms with Crippen molar-refractivity contribution in [2.45, 2.75) is 20.8 Å². The van der Waals surface area contributed by atoms with Gasteiger partial charge in [0.2, 0.25) is 0 Å². The van der Waals surface area contributed by atoms with Gasteiger partial charge in [-0.3, -0.25) is 9.59 Å². The lowest BCUT2D eigenvalue weighted by Gasteiger charge is -2.09. The number of aromatic hydroxyl groups is 1. The summed E-state index contributed by atoms with van der Waals surface area (Å²) < 4.78 is 0.763. The smallest absolute Gasteiger partial charge is 0.313 e. The van der Waals surface area contributed by atoms with Crippen LogP contribution < -0.4 is 0 Å². The maximum atomic E-state index is 11.7. The first-order valence-electron chi connectivity index (χ1n) is 5.51. The Morgan fingerprint density at radius 3 is 2.21 bits per heavy atom. The number of carboxylic acid groups (broad SMARTS) is 1. The van der Waals surface area contributed by atoms with E-state index in [0.717, 1.165) is 5.56 Å². The number of phenols is 1. The number of aryl methyl sites for hydroxylation is 1. The van der Waals surface area contributed by atoms with Crippen LogP contribution >= 0.6 is 38.5 Å². The number of aliphatic carboxylic acids is 1. The van der Waals surface area contributed by atoms with E-state index in [1.54, 1.807) is 34.7 Å². The molecule has 1 aromatic rings. The highest BCUT2D eigenvalue weighted by Crippen LogP contribution is 2.30. The molecule has 0 spiro atoms. The second kappa shape index (κ2) is 8.52. The fraction of sp³-hybridized carbons (Fsp3) is 0.385. The van der Waals surface area contributed by atoms with Gasteiger partial charge in [0.15, 0.2) is 5.78 Å². The quantitative estimate of drug-likeness (QED) is 0.424. The minimum Gasteiger partial charge on any atom is -0.506 e. The first-order chi connectivity index (χ1) is 8.70. The van der Waals surface area contributed by atoms with Gasteiger partial charge in [0.05, 0.1) is 14.5 Å². The predicted molar refractivity (Wildman–Crippen MR) is 86.2 cm³/mol. The van der Waals surface area contributed by atoms with Crippen molar-refractivity contribution in [3.8, 4) is 5.75 Å². The van der Waals surface area contributed by atoms with E-state index < -0.39 is 5.97 Å². The van der Waals surface area contributed by atoms with Crippen molar-refractivity contribution in [2.75, 3.05) is 4.43 Å². The zero-order valence-corrected chi connectivity index (χ0v) is 14.6. The molecule has 0 aliphatic rings. The molecule has 0 aliphatic heterocycles. The highest BCUT2D eigenvalue weighted by Gasteiger charge is 2.16. The number of hydrogen-bond acceptors (Lipinski definition) is 3. The summed E-state index contributed by atoms with van der Waals surface area (Å²) in [6, 6.07) is 3.49. The van der Waals surface area contributed by atoms with Gasteiger partial charge in [-0.25, -0.2) is 0 Å². The predicted octanol–water partition coefficient (Wildman–Crippen LogP) is 3.81. The Morgan fingerprint density at radius 2 is 1.84 bits per heavy atom. The molecular weight excluding hydrogens is 427 g/mol. The molecule has 0 amide bonds. The molecule has 0 atom stereocenters. The molecule has 0 aliphatic carbocycles. The van der Waals surface area contributed by atoms with Crippen molar-refractivity contribution in [1.82, 2.24) is 0 Å². The van der Waals surface area contributed by atoms with Crippen molar-refractivity contribution in [1.29, 1.82) is 0 Å². The standard InChI is InChI=1S/C11H13BrO2.C2H3IO2/c1-6(2)10(13)8-4-7(3)5-9(12)11(8)14;3-1-2(4)5/h4-6,14H,1-3H3;1H2,(H,4,5). The third kappa shape index (κ3) is 6.38. The third-order valence-corrected chi connectivity index (χ3v) is 3.37. The summed E-state index contributed by atoms with van der Waals surface area (Å²) >= 11 is 4.99. The van der Waals surface area contributed by atoms with Crippen LogP contribution in [0.4, 0.5) is 0 Å². The van der Waals surface area contributed by atoms with Gasteiger partial charge in [0.25, 0.3) is 0 Å². The first-order valence-corrected chi connectivity index (χ1v) is 7.83. The highest BCUT2D eigenvalue weighted by molar-refractivity contribution is 14.1. The molecule has 2 N–H and O–H groups in total. The van der Waals surface area contributed by atoms with Crippen molar-refractivity contribution in [3.05, 3.63) is 27.7 Å². The normalized spacial score (nSPS) is 9.79. The molecule has 0 unspecified atom stereocenters. The lowest BCUT2D eigenvalue weighted by Crippen LogP contribution is -2.08. The number of benzene rings is 1. The Kier molecular flexibility index (Phi) is 8.24. The number of Topliss-reactive ketones (excluding diaryl/α,β-unsaturated/α-hetero) is 1. The van der Waals surface area contributed by atoms with E-state index in [2.05, 4.69) is 15.9 Å². The van der Waals surface area contributed by atoms with Crippen molar-refractivity contribution < 1.29 is 19.8 Å². The number of carbonyl (C=O) groups excluding carboxylic acids is 1. The van der Waals surface area contributed by atoms with E-state index in [1.165, 1.54) is 0 Å². The third-order valence-electron chi connectivity index (χ3n) is 2.11. The van der Waals surface area contributed by atoms with Crippen LogP contribution in [0.3, 0.4) is 0 Å². The van der Waals surface area contributed by atoms with Gasteiger partial charge in [-0.05, 0) is 40.5 Å². The van der Waals surface area contributed by atoms with E-state index in [-0.39, 0.29) is 21.9 Å². The van der Waals surface area contributed by atoms with Crippen LogP contribution in [0.5, 0.6) is 5.75 Å². The fourth-order valence-electron chi connectivity index (χ4n) is 1.23. The number of hydrogen-bond donors (Lipinski definition) is 2. The summed E-state index contributed by atoms with van der Waals surface area (Å²) in [5.41, 5.74) is 1.35. The van der Waals surface area contributed by atoms with Gasteiger partial charge in [-0.2, -0.15) is 0 Å². The molecule has 1 aromatic carbocycles. The number of phenolic OH excluding ortho intramolecular Hbond substituents is 1. The van der Waals surface area contributed by atoms with E-state index in [4.69, 9.17) is 5.11 Å². The van der Waals surface area contributed by atoms with Gasteiger partial charge >= 0.3 is 5.97 Å². The molecule has 106 valence electrons. The lowest BCUT2D eigenvalue weighted by molar-refractivity contribution is -0.133. The second-order valence-electron chi connectivity index (χ2n) is 4.19. The number of carboxylic acids is 1. The average molecular weight is 443 g/mol. The molecule has 0 bridgehead atoms. The number of alkyl halides is 1. The van der Waals surface area contributed by atoms with Crippen molar-refractivity contribution >= 4 is 50.3 Å². The molecule has 0 saturated heterocycles. The second-order valence-corrected chi connectivity index (χ2v) is 5.81. The molecule has 6 heteroatoms. The van der Waals surface area contributed by atoms with Crippen LogP contribution in [0.15, 0.2) is 16.6 Å². The van der Waals surface area contributed by atoms with E-state index in [9.17, 15) is 14.7 Å². The zero-order valence-electron chi connectivity index (χ0n) is 10.9. The lowest BCUT2D eigenvalue weighted by atomic mass is 9.99. The van der Waals surface area contributed by atoms with Crippen LogP contribution in [0.2, 0.25) is 0 Å². The molecule has 1 rings (SSSR count). The Hall–Kier alpha value is -0.630. The topological polar surface area (TPSA) is 74.6 Å². The molecule has 0 saturated carbocycles. The molecule has 19 heavy (non-hydrogen) atoms. The Morgan fingerprint density at radius 1 is 1.37 bits per heavy atom. The summed E-state index contributed by atoms with van der Waals surface area (Å²) in [4.78, 5) is 21.0. The molecule has 0 radical (unpaired) electrons. The monoisotopic (exact) mass is 442 g/mol. The Balaban J connectivity index is 0.000000555. The molecule has 0 heterocycles. The number of ketones is 1. The summed E-state index contributed by atoms with van der Waals surface area (Å²) in [6.45, 7) is 5.53. The van der Waals surface area contributed by atoms with Gasteiger partial charge in [0.1, 0.15) is 5.75 Å². The van der Waals surface area contributed by atoms with Gasteiger partial charge in [-0.15, -0.1) is 0 Å². The van der Waals surface area contributed by atoms with Crippen LogP contribution in [0.1, 0.15) is 29.8 Å². The van der Waals surface area contributed by atoms with Gasteiger partial charge < -0.3 is 10.2 Å². The summed E-state index contributed by atoms with van der Waals surface area (Å²) in [5, 5.41) is 17.4. The Bertz CT molecular complexity index is 472. The Labute approximate surface area is 134 Å². The minimum absolute atomic E-state index is 0.0353. The van der Waals surface area contributed by atoms with Crippen LogP contribution in [-0.2, 0) is 4.79 Å². The highest BCUT2D eigenvalue weighted by atomic mass is 127. The molecular formula is C13H16BrIO4. The zero-order chi connectivity index (χ0) is 15.2. The van der Waals surface area contributed by atoms with Gasteiger partial charge in [0, 0.05) is 5.92 Å². The van der Waals surface area contributed by atoms with E-state index in [1.807, 2.05) is 20.8 Å². The van der Waals surface area contributed by atoms with Crippen molar-refractivity contribution in [3.63, 3.8) is 0 Å². The van der Waals surface area contributed by atoms with Crippen LogP contribution in [-0.4, -0.2) is 26.4 Å². The van der Waals surface area contributed by atoms with E-state index >= 15 is 0 Å². The van der Waals surface area contributed by atoms with Crippen molar-refractivity contribution in [2.24, 2.45) is 5.92 Å². The van der Waals surface area contributed by atoms with Crippen LogP contribution in [0.25, 0.3) is 0 Å². The summed E-state index contributed by atoms with van der Waals surface area (Å²) in [5.74, 6) is -0.860. The summed E-state index contributed by atoms with van der Waals surface area (Å²) in [7, 11) is 0. The number of rotatable bonds is 3. The molecule has 4 nitrogen and oxygen atoms in total. The van der Waals surface area contributed by atoms with Gasteiger partial charge in [-0.1, -0.05) is 36.4 Å². The SMILES string of the molecule is Cc1cc(Br)c(O)c(C(=O)C(C)C)c1.O=C(O)CI. The maximum absolute atomic E-state index is 11.7. The number of carbonyl (C=O) groups is 2. The number of halogens is 2. The minimum atomic E-state index is -0.759. The maximum Gasteiger partial charge on any atom is 0.313 e. The molecule has 0 fully saturated rings. The summed E-state index contributed by atoms with van der Waals surface area (Å²) in [6.07, 6.45) is 0. The van der Waals surface area contributed by atoms with E-state index in [0.29, 0.717) is 10.0 Å². The average Bonchev–Trinajstić information content (AvgIpc) is 2.33. The van der Waals surface area contributed by atoms with Crippen LogP contribution in [0, 0.1) is 12.8 Å². The largest absolute Gasteiger partial charge is 0.506 e. The molecule has 0 aromatic heterocycles. The first kappa shape index (κ1) is 18.4.